The van der Waals surface area contributed by atoms with Gasteiger partial charge in [0.1, 0.15) is 0 Å². The Balaban J connectivity index is 1.48. The molecule has 2 N–H and O–H groups in total. The fourth-order valence-electron chi connectivity index (χ4n) is 3.56. The van der Waals surface area contributed by atoms with Crippen molar-refractivity contribution in [1.82, 2.24) is 20.4 Å². The number of nitrogens with one attached hydrogen (secondary N) is 2. The molecule has 2 heterocycles. The van der Waals surface area contributed by atoms with Crippen LogP contribution in [0, 0.1) is 5.92 Å². The van der Waals surface area contributed by atoms with Gasteiger partial charge in [-0.2, -0.15) is 5.10 Å². The fraction of sp³-hybridized carbons (Fsp3) is 0.429. The van der Waals surface area contributed by atoms with Gasteiger partial charge in [-0.05, 0) is 51.3 Å². The van der Waals surface area contributed by atoms with E-state index >= 15 is 0 Å². The normalized spacial score (nSPS) is 17.6. The van der Waals surface area contributed by atoms with Crippen LogP contribution in [0.1, 0.15) is 42.7 Å². The monoisotopic (exact) mass is 352 g/mol. The lowest BCUT2D eigenvalue weighted by atomic mass is 9.96. The average molecular weight is 352 g/mol. The van der Waals surface area contributed by atoms with E-state index in [0.717, 1.165) is 49.6 Å². The maximum absolute atomic E-state index is 12.5. The van der Waals surface area contributed by atoms with E-state index in [1.54, 1.807) is 0 Å². The Morgan fingerprint density at radius 2 is 1.96 bits per heavy atom. The minimum absolute atomic E-state index is 0.0887. The highest BCUT2D eigenvalue weighted by Gasteiger charge is 2.20. The zero-order chi connectivity index (χ0) is 18.4. The van der Waals surface area contributed by atoms with Crippen molar-refractivity contribution >= 4 is 18.1 Å². The van der Waals surface area contributed by atoms with Gasteiger partial charge >= 0.3 is 0 Å². The summed E-state index contributed by atoms with van der Waals surface area (Å²) >= 11 is 0. The molecule has 138 valence electrons. The summed E-state index contributed by atoms with van der Waals surface area (Å²) in [6.07, 6.45) is 6.10. The first-order chi connectivity index (χ1) is 12.7. The Morgan fingerprint density at radius 1 is 1.23 bits per heavy atom. The fourth-order valence-corrected chi connectivity index (χ4v) is 3.56. The molecule has 1 aliphatic rings. The van der Waals surface area contributed by atoms with E-state index in [-0.39, 0.29) is 5.91 Å². The number of hydrogen-bond acceptors (Lipinski definition) is 3. The first-order valence-corrected chi connectivity index (χ1v) is 9.42. The summed E-state index contributed by atoms with van der Waals surface area (Å²) in [5.74, 6) is 0.449. The van der Waals surface area contributed by atoms with Crippen LogP contribution in [0.25, 0.3) is 12.2 Å². The summed E-state index contributed by atoms with van der Waals surface area (Å²) in [4.78, 5) is 15.0. The summed E-state index contributed by atoms with van der Waals surface area (Å²) in [5, 5.41) is 11.9. The maximum Gasteiger partial charge on any atom is 0.272 e. The van der Waals surface area contributed by atoms with Gasteiger partial charge in [0.15, 0.2) is 5.69 Å². The van der Waals surface area contributed by atoms with Crippen LogP contribution in [0.5, 0.6) is 0 Å². The van der Waals surface area contributed by atoms with Crippen molar-refractivity contribution in [2.24, 2.45) is 5.92 Å². The van der Waals surface area contributed by atoms with Gasteiger partial charge in [0, 0.05) is 18.3 Å². The van der Waals surface area contributed by atoms with E-state index in [2.05, 4.69) is 50.7 Å². The Hall–Kier alpha value is -2.40. The van der Waals surface area contributed by atoms with E-state index in [1.807, 2.05) is 26.0 Å². The van der Waals surface area contributed by atoms with Crippen molar-refractivity contribution in [3.8, 4) is 0 Å². The summed E-state index contributed by atoms with van der Waals surface area (Å²) in [5.41, 5.74) is 1.85. The van der Waals surface area contributed by atoms with Gasteiger partial charge < -0.3 is 5.32 Å². The van der Waals surface area contributed by atoms with Crippen LogP contribution in [0.3, 0.4) is 0 Å². The van der Waals surface area contributed by atoms with Crippen LogP contribution in [0.2, 0.25) is 0 Å². The van der Waals surface area contributed by atoms with Crippen molar-refractivity contribution in [1.29, 1.82) is 0 Å². The molecule has 1 aromatic carbocycles. The van der Waals surface area contributed by atoms with E-state index in [0.29, 0.717) is 11.6 Å². The highest BCUT2D eigenvalue weighted by Crippen LogP contribution is 2.18. The van der Waals surface area contributed by atoms with Crippen LogP contribution in [-0.4, -0.2) is 40.6 Å². The van der Waals surface area contributed by atoms with E-state index in [4.69, 9.17) is 0 Å². The predicted octanol–water partition coefficient (Wildman–Crippen LogP) is 1.65. The molecule has 3 rings (SSSR count). The number of hydrogen-bond donors (Lipinski definition) is 2. The highest BCUT2D eigenvalue weighted by molar-refractivity contribution is 5.92. The van der Waals surface area contributed by atoms with E-state index in [9.17, 15) is 4.79 Å². The number of benzene rings is 1. The summed E-state index contributed by atoms with van der Waals surface area (Å²) in [7, 11) is 0. The third-order valence-electron chi connectivity index (χ3n) is 5.13. The largest absolute Gasteiger partial charge is 0.350 e. The zero-order valence-electron chi connectivity index (χ0n) is 15.7. The Morgan fingerprint density at radius 3 is 2.62 bits per heavy atom. The lowest BCUT2D eigenvalue weighted by Gasteiger charge is -2.32. The number of carbonyl (C=O) groups excluding carboxylic acids is 1. The molecule has 1 fully saturated rings. The lowest BCUT2D eigenvalue weighted by Crippen LogP contribution is -2.39. The number of aromatic amines is 1. The predicted molar refractivity (Wildman–Crippen MR) is 105 cm³/mol. The molecular formula is C21H28N4O. The van der Waals surface area contributed by atoms with Crippen molar-refractivity contribution in [2.75, 3.05) is 19.6 Å². The maximum atomic E-state index is 12.5. The van der Waals surface area contributed by atoms with Gasteiger partial charge in [-0.15, -0.1) is 0 Å². The molecule has 0 radical (unpaired) electrons. The second-order valence-corrected chi connectivity index (χ2v) is 6.89. The number of piperidine rings is 1. The first-order valence-electron chi connectivity index (χ1n) is 9.42. The Kier molecular flexibility index (Phi) is 6.23. The van der Waals surface area contributed by atoms with Gasteiger partial charge in [0.25, 0.3) is 5.91 Å². The van der Waals surface area contributed by atoms with E-state index < -0.39 is 0 Å². The Labute approximate surface area is 154 Å². The molecular weight excluding hydrogens is 324 g/mol. The third-order valence-corrected chi connectivity index (χ3v) is 5.13. The second kappa shape index (κ2) is 8.81. The number of nitrogens with zero attached hydrogens (tertiary/aromatic N) is 2. The van der Waals surface area contributed by atoms with Crippen LogP contribution in [-0.2, 0) is 6.54 Å². The molecule has 2 aromatic rings. The van der Waals surface area contributed by atoms with Crippen molar-refractivity contribution < 1.29 is 4.79 Å². The molecule has 26 heavy (non-hydrogen) atoms. The first kappa shape index (κ1) is 18.4. The minimum atomic E-state index is -0.0887. The molecule has 0 saturated carbocycles. The summed E-state index contributed by atoms with van der Waals surface area (Å²) in [6.45, 7) is 7.77. The molecule has 1 aromatic heterocycles. The van der Waals surface area contributed by atoms with Crippen LogP contribution < -0.4 is 15.9 Å². The molecule has 0 atom stereocenters. The van der Waals surface area contributed by atoms with Gasteiger partial charge in [0.05, 0.1) is 5.35 Å². The topological polar surface area (TPSA) is 61.0 Å². The van der Waals surface area contributed by atoms with Gasteiger partial charge in [-0.3, -0.25) is 14.8 Å². The third kappa shape index (κ3) is 4.41. The summed E-state index contributed by atoms with van der Waals surface area (Å²) < 4.78 is 0. The lowest BCUT2D eigenvalue weighted by molar-refractivity contribution is 0.0929. The van der Waals surface area contributed by atoms with Gasteiger partial charge in [-0.25, -0.2) is 0 Å². The molecule has 1 saturated heterocycles. The SMILES string of the molecule is C/C=c1/c(C(=O)NCC2CCN(Cc3ccccc3)CC2)n[nH]/c1=C/C. The van der Waals surface area contributed by atoms with E-state index in [1.165, 1.54) is 5.56 Å². The number of H-pyrrole nitrogens is 1. The number of amides is 1. The molecule has 5 heteroatoms. The van der Waals surface area contributed by atoms with Gasteiger partial charge in [-0.1, -0.05) is 42.5 Å². The summed E-state index contributed by atoms with van der Waals surface area (Å²) in [6, 6.07) is 10.6. The molecule has 1 aliphatic heterocycles. The molecule has 0 bridgehead atoms. The standard InChI is InChI=1S/C21H28N4O/c1-3-18-19(4-2)23-24-20(18)21(26)22-14-16-10-12-25(13-11-16)15-17-8-6-5-7-9-17/h3-9,16,23H,10-15H2,1-2H3,(H,22,26)/b18-3+,19-4+. The van der Waals surface area contributed by atoms with Crippen molar-refractivity contribution in [2.45, 2.75) is 33.2 Å². The number of aromatic nitrogens is 2. The van der Waals surface area contributed by atoms with Gasteiger partial charge in [0.2, 0.25) is 0 Å². The molecule has 0 spiro atoms. The van der Waals surface area contributed by atoms with Crippen LogP contribution >= 0.6 is 0 Å². The van der Waals surface area contributed by atoms with Crippen molar-refractivity contribution in [3.63, 3.8) is 0 Å². The smallest absolute Gasteiger partial charge is 0.272 e. The molecule has 1 amide bonds. The molecule has 0 aliphatic carbocycles. The highest BCUT2D eigenvalue weighted by atomic mass is 16.1. The van der Waals surface area contributed by atoms with Crippen LogP contribution in [0.4, 0.5) is 0 Å². The minimum Gasteiger partial charge on any atom is -0.350 e. The quantitative estimate of drug-likeness (QED) is 0.860. The number of carbonyl (C=O) groups is 1. The Bertz CT molecular complexity index is 833. The van der Waals surface area contributed by atoms with Crippen LogP contribution in [0.15, 0.2) is 30.3 Å². The zero-order valence-corrected chi connectivity index (χ0v) is 15.7. The second-order valence-electron chi connectivity index (χ2n) is 6.89. The number of rotatable bonds is 5. The molecule has 0 unspecified atom stereocenters. The average Bonchev–Trinajstić information content (AvgIpc) is 3.11. The molecule has 5 nitrogen and oxygen atoms in total. The number of likely N-dealkylation sites (tertiary alicyclic amines) is 1. The van der Waals surface area contributed by atoms with Crippen molar-refractivity contribution in [3.05, 3.63) is 52.2 Å².